The van der Waals surface area contributed by atoms with E-state index in [1.165, 1.54) is 36.5 Å². The van der Waals surface area contributed by atoms with E-state index >= 15 is 0 Å². The van der Waals surface area contributed by atoms with Gasteiger partial charge in [0.05, 0.1) is 30.0 Å². The highest BCUT2D eigenvalue weighted by Crippen LogP contribution is 2.66. The smallest absolute Gasteiger partial charge is 0.193 e. The van der Waals surface area contributed by atoms with Crippen LogP contribution in [0.5, 0.6) is 0 Å². The van der Waals surface area contributed by atoms with Crippen molar-refractivity contribution in [2.45, 2.75) is 220 Å². The zero-order valence-electron chi connectivity index (χ0n) is 38.9. The van der Waals surface area contributed by atoms with Crippen molar-refractivity contribution in [1.82, 2.24) is 0 Å². The second kappa shape index (κ2) is 15.9. The third-order valence-electron chi connectivity index (χ3n) is 16.4. The zero-order chi connectivity index (χ0) is 41.0. The largest absolute Gasteiger partial charge is 0.414 e. The first-order chi connectivity index (χ1) is 24.6. The number of fused-ring (bicyclic) bond motifs is 5. The summed E-state index contributed by atoms with van der Waals surface area (Å²) in [7, 11) is -5.70. The van der Waals surface area contributed by atoms with Gasteiger partial charge in [-0.1, -0.05) is 125 Å². The summed E-state index contributed by atoms with van der Waals surface area (Å²) in [5.74, 6) is 0.999. The monoisotopic (exact) mass is 799 g/mol. The molecule has 4 nitrogen and oxygen atoms in total. The molecular formula is C47H86O4Si3. The fraction of sp³-hybridized carbons (Fsp3) is 0.830. The Morgan fingerprint density at radius 2 is 1.37 bits per heavy atom. The topological polar surface area (TPSA) is 36.9 Å². The van der Waals surface area contributed by atoms with Gasteiger partial charge in [0.2, 0.25) is 0 Å². The predicted molar refractivity (Wildman–Crippen MR) is 241 cm³/mol. The van der Waals surface area contributed by atoms with Crippen LogP contribution in [0.3, 0.4) is 0 Å². The third kappa shape index (κ3) is 8.73. The highest BCUT2D eigenvalue weighted by molar-refractivity contribution is 6.74. The SMILES string of the molecule is CCC(C)(OC/C=C\C(C)(C)O[Si](CC)(CC)CC)C1=CC[C@H]2C3=CC=C4C[C@@H](O[Si](C)(C)C(C)(C)C)C[C@H](O[Si](C)(C)C(C)(C)C)[C@]4(C)[C@H]3CC[C@]12C. The Kier molecular flexibility index (Phi) is 13.6. The van der Waals surface area contributed by atoms with Gasteiger partial charge < -0.3 is 18.0 Å². The lowest BCUT2D eigenvalue weighted by Crippen LogP contribution is -2.58. The summed E-state index contributed by atoms with van der Waals surface area (Å²) in [6, 6.07) is 3.50. The molecule has 0 bridgehead atoms. The van der Waals surface area contributed by atoms with Crippen LogP contribution >= 0.6 is 0 Å². The maximum absolute atomic E-state index is 7.61. The number of hydrogen-bond donors (Lipinski definition) is 0. The van der Waals surface area contributed by atoms with E-state index < -0.39 is 25.0 Å². The second-order valence-corrected chi connectivity index (χ2v) is 36.3. The van der Waals surface area contributed by atoms with E-state index in [2.05, 4.69) is 160 Å². The van der Waals surface area contributed by atoms with E-state index in [0.29, 0.717) is 18.4 Å². The average Bonchev–Trinajstić information content (AvgIpc) is 3.43. The molecule has 7 heteroatoms. The molecule has 0 spiro atoms. The Labute approximate surface area is 338 Å². The van der Waals surface area contributed by atoms with Crippen LogP contribution in [-0.2, 0) is 18.0 Å². The molecule has 0 amide bonds. The molecule has 4 aliphatic rings. The molecule has 1 unspecified atom stereocenters. The highest BCUT2D eigenvalue weighted by Gasteiger charge is 2.60. The van der Waals surface area contributed by atoms with Crippen molar-refractivity contribution in [3.8, 4) is 0 Å². The van der Waals surface area contributed by atoms with Crippen LogP contribution in [0.25, 0.3) is 0 Å². The molecule has 0 N–H and O–H groups in total. The molecule has 2 fully saturated rings. The Bertz CT molecular complexity index is 1450. The Morgan fingerprint density at radius 1 is 0.796 bits per heavy atom. The zero-order valence-corrected chi connectivity index (χ0v) is 41.9. The van der Waals surface area contributed by atoms with Crippen molar-refractivity contribution >= 4 is 25.0 Å². The minimum Gasteiger partial charge on any atom is -0.414 e. The fourth-order valence-corrected chi connectivity index (χ4v) is 16.2. The van der Waals surface area contributed by atoms with Gasteiger partial charge in [0, 0.05) is 5.41 Å². The quantitative estimate of drug-likeness (QED) is 0.122. The highest BCUT2D eigenvalue weighted by atomic mass is 28.4. The molecule has 0 radical (unpaired) electrons. The summed E-state index contributed by atoms with van der Waals surface area (Å²) in [6.45, 7) is 45.8. The van der Waals surface area contributed by atoms with Gasteiger partial charge in [0.25, 0.3) is 0 Å². The molecule has 0 heterocycles. The normalized spacial score (nSPS) is 31.0. The van der Waals surface area contributed by atoms with Gasteiger partial charge >= 0.3 is 0 Å². The summed E-state index contributed by atoms with van der Waals surface area (Å²) < 4.78 is 28.7. The van der Waals surface area contributed by atoms with Gasteiger partial charge in [0.15, 0.2) is 25.0 Å². The Morgan fingerprint density at radius 3 is 1.91 bits per heavy atom. The van der Waals surface area contributed by atoms with Gasteiger partial charge in [-0.25, -0.2) is 0 Å². The molecule has 310 valence electrons. The first-order valence-corrected chi connectivity index (χ1v) is 30.4. The third-order valence-corrected chi connectivity index (χ3v) is 30.2. The van der Waals surface area contributed by atoms with Crippen molar-refractivity contribution in [2.75, 3.05) is 6.61 Å². The minimum atomic E-state index is -2.05. The van der Waals surface area contributed by atoms with Crippen LogP contribution in [0.4, 0.5) is 0 Å². The van der Waals surface area contributed by atoms with Gasteiger partial charge in [-0.05, 0) is 137 Å². The van der Waals surface area contributed by atoms with Crippen LogP contribution in [0, 0.1) is 22.7 Å². The minimum absolute atomic E-state index is 0.0189. The average molecular weight is 799 g/mol. The van der Waals surface area contributed by atoms with E-state index in [-0.39, 0.29) is 44.3 Å². The molecule has 2 saturated carbocycles. The van der Waals surface area contributed by atoms with Crippen molar-refractivity contribution in [3.05, 3.63) is 47.1 Å². The van der Waals surface area contributed by atoms with E-state index in [0.717, 1.165) is 25.7 Å². The van der Waals surface area contributed by atoms with Crippen LogP contribution in [-0.4, -0.2) is 55.0 Å². The fourth-order valence-electron chi connectivity index (χ4n) is 10.3. The van der Waals surface area contributed by atoms with Crippen LogP contribution in [0.2, 0.25) is 54.4 Å². The second-order valence-electron chi connectivity index (χ2n) is 22.1. The summed E-state index contributed by atoms with van der Waals surface area (Å²) in [5, 5.41) is 0.335. The lowest BCUT2D eigenvalue weighted by molar-refractivity contribution is -0.0451. The Hall–Kier alpha value is -0.549. The van der Waals surface area contributed by atoms with Crippen molar-refractivity contribution in [3.63, 3.8) is 0 Å². The van der Waals surface area contributed by atoms with Crippen molar-refractivity contribution < 1.29 is 18.0 Å². The molecule has 7 atom stereocenters. The number of ether oxygens (including phenoxy) is 1. The lowest BCUT2D eigenvalue weighted by Gasteiger charge is -2.59. The summed E-state index contributed by atoms with van der Waals surface area (Å²) in [4.78, 5) is 0. The summed E-state index contributed by atoms with van der Waals surface area (Å²) >= 11 is 0. The maximum Gasteiger partial charge on any atom is 0.193 e. The molecule has 0 saturated heterocycles. The first kappa shape index (κ1) is 46.1. The molecule has 0 aromatic carbocycles. The molecule has 0 aromatic heterocycles. The number of hydrogen-bond acceptors (Lipinski definition) is 4. The lowest BCUT2D eigenvalue weighted by atomic mass is 9.49. The van der Waals surface area contributed by atoms with E-state index in [9.17, 15) is 0 Å². The molecular weight excluding hydrogens is 713 g/mol. The predicted octanol–water partition coefficient (Wildman–Crippen LogP) is 14.3. The standard InChI is InChI=1S/C47H86O4Si3/c1-20-46(14,48-32-24-30-44(11,12)51-54(21-2,22-3)23-4)40-28-27-38-37-26-25-35-33-36(49-52(16,17)42(5,6)7)34-41(50-53(18,19)43(8,9)10)47(35,15)39(37)29-31-45(38,40)13/h24-26,28,30,36,38-39,41H,20-23,27,29,31-34H2,1-19H3/b30-24-/t36-,38+,39+,41+,45+,46?,47+/m1/s1. The maximum atomic E-state index is 7.61. The van der Waals surface area contributed by atoms with Gasteiger partial charge in [0.1, 0.15) is 0 Å². The van der Waals surface area contributed by atoms with Gasteiger partial charge in [-0.2, -0.15) is 0 Å². The summed E-state index contributed by atoms with van der Waals surface area (Å²) in [6.07, 6.45) is 19.0. The summed E-state index contributed by atoms with van der Waals surface area (Å²) in [5.41, 5.74) is 4.26. The number of allylic oxidation sites excluding steroid dienone is 4. The van der Waals surface area contributed by atoms with Gasteiger partial charge in [-0.3, -0.25) is 0 Å². The molecule has 4 aliphatic carbocycles. The van der Waals surface area contributed by atoms with Crippen LogP contribution in [0.1, 0.15) is 142 Å². The van der Waals surface area contributed by atoms with Crippen LogP contribution < -0.4 is 0 Å². The molecule has 0 aromatic rings. The van der Waals surface area contributed by atoms with Crippen molar-refractivity contribution in [2.24, 2.45) is 22.7 Å². The van der Waals surface area contributed by atoms with Gasteiger partial charge in [-0.15, -0.1) is 0 Å². The first-order valence-electron chi connectivity index (χ1n) is 22.1. The molecule has 54 heavy (non-hydrogen) atoms. The van der Waals surface area contributed by atoms with E-state index in [1.54, 1.807) is 11.1 Å². The molecule has 0 aliphatic heterocycles. The van der Waals surface area contributed by atoms with Crippen LogP contribution in [0.15, 0.2) is 47.1 Å². The molecule has 4 rings (SSSR count). The Balaban J connectivity index is 1.61. The van der Waals surface area contributed by atoms with E-state index in [4.69, 9.17) is 18.0 Å². The van der Waals surface area contributed by atoms with E-state index in [1.807, 2.05) is 0 Å². The number of rotatable bonds is 15. The van der Waals surface area contributed by atoms with Crippen molar-refractivity contribution in [1.29, 1.82) is 0 Å².